The molecule has 2 aromatic rings. The van der Waals surface area contributed by atoms with Crippen molar-refractivity contribution in [2.75, 3.05) is 19.1 Å². The number of carbonyl (C=O) groups is 1. The van der Waals surface area contributed by atoms with Gasteiger partial charge in [0.15, 0.2) is 16.6 Å². The third-order valence-electron chi connectivity index (χ3n) is 5.38. The molecular weight excluding hydrogens is 360 g/mol. The Bertz CT molecular complexity index is 906. The van der Waals surface area contributed by atoms with Gasteiger partial charge in [-0.05, 0) is 66.5 Å². The second kappa shape index (κ2) is 6.53. The van der Waals surface area contributed by atoms with Crippen molar-refractivity contribution in [3.8, 4) is 11.5 Å². The molecule has 0 bridgehead atoms. The minimum atomic E-state index is -0.275. The number of rotatable bonds is 3. The number of anilines is 1. The van der Waals surface area contributed by atoms with E-state index in [1.54, 1.807) is 19.1 Å². The predicted molar refractivity (Wildman–Crippen MR) is 109 cm³/mol. The molecule has 2 aliphatic rings. The third kappa shape index (κ3) is 2.75. The number of benzene rings is 2. The van der Waals surface area contributed by atoms with E-state index in [1.165, 1.54) is 0 Å². The number of aryl methyl sites for hydroxylation is 2. The molecule has 6 heteroatoms. The lowest BCUT2D eigenvalue weighted by molar-refractivity contribution is -0.120. The van der Waals surface area contributed by atoms with Crippen molar-refractivity contribution in [1.29, 1.82) is 0 Å². The zero-order chi connectivity index (χ0) is 19.3. The Kier molecular flexibility index (Phi) is 4.30. The van der Waals surface area contributed by atoms with Gasteiger partial charge in [0.1, 0.15) is 6.04 Å². The average Bonchev–Trinajstić information content (AvgIpc) is 2.91. The van der Waals surface area contributed by atoms with Crippen LogP contribution in [-0.2, 0) is 17.8 Å². The van der Waals surface area contributed by atoms with Crippen LogP contribution < -0.4 is 14.4 Å². The first-order valence-corrected chi connectivity index (χ1v) is 9.31. The molecular formula is C21H22N2O3S. The van der Waals surface area contributed by atoms with Crippen molar-refractivity contribution >= 4 is 28.9 Å². The van der Waals surface area contributed by atoms with Crippen LogP contribution in [0.2, 0.25) is 0 Å². The van der Waals surface area contributed by atoms with Gasteiger partial charge in [0.2, 0.25) is 0 Å². The maximum atomic E-state index is 13.2. The van der Waals surface area contributed by atoms with Crippen LogP contribution in [0.25, 0.3) is 0 Å². The Balaban J connectivity index is 1.73. The van der Waals surface area contributed by atoms with E-state index in [1.807, 2.05) is 49.1 Å². The highest BCUT2D eigenvalue weighted by atomic mass is 32.1. The molecule has 0 aromatic heterocycles. The molecule has 2 aliphatic heterocycles. The minimum absolute atomic E-state index is 0.0362. The summed E-state index contributed by atoms with van der Waals surface area (Å²) in [5.41, 5.74) is 5.24. The van der Waals surface area contributed by atoms with Gasteiger partial charge in [-0.2, -0.15) is 0 Å². The summed E-state index contributed by atoms with van der Waals surface area (Å²) in [5, 5.41) is 0.569. The van der Waals surface area contributed by atoms with Crippen LogP contribution >= 0.6 is 12.2 Å². The lowest BCUT2D eigenvalue weighted by Gasteiger charge is -2.31. The highest BCUT2D eigenvalue weighted by molar-refractivity contribution is 7.80. The van der Waals surface area contributed by atoms with E-state index in [-0.39, 0.29) is 11.9 Å². The van der Waals surface area contributed by atoms with Crippen LogP contribution in [0.1, 0.15) is 22.3 Å². The normalized spacial score (nSPS) is 18.4. The first-order valence-electron chi connectivity index (χ1n) is 8.90. The number of amides is 1. The van der Waals surface area contributed by atoms with Crippen LogP contribution in [-0.4, -0.2) is 36.2 Å². The molecule has 0 spiro atoms. The molecule has 27 heavy (non-hydrogen) atoms. The SMILES string of the molecule is COc1cc2c(cc1OC)CN1C(=S)N(c3cc(C)ccc3C)C(=O)C1C2. The van der Waals surface area contributed by atoms with Gasteiger partial charge in [-0.1, -0.05) is 12.1 Å². The Morgan fingerprint density at radius 1 is 1.04 bits per heavy atom. The summed E-state index contributed by atoms with van der Waals surface area (Å²) in [6.45, 7) is 4.62. The molecule has 1 atom stereocenters. The largest absolute Gasteiger partial charge is 0.493 e. The van der Waals surface area contributed by atoms with Gasteiger partial charge >= 0.3 is 0 Å². The number of ether oxygens (including phenoxy) is 2. The summed E-state index contributed by atoms with van der Waals surface area (Å²) >= 11 is 5.71. The predicted octanol–water partition coefficient (Wildman–Crippen LogP) is 3.38. The van der Waals surface area contributed by atoms with E-state index in [2.05, 4.69) is 0 Å². The van der Waals surface area contributed by atoms with Crippen molar-refractivity contribution in [3.63, 3.8) is 0 Å². The van der Waals surface area contributed by atoms with Crippen molar-refractivity contribution in [2.24, 2.45) is 0 Å². The molecule has 5 nitrogen and oxygen atoms in total. The molecule has 4 rings (SSSR count). The van der Waals surface area contributed by atoms with Crippen LogP contribution in [0.15, 0.2) is 30.3 Å². The molecule has 1 amide bonds. The zero-order valence-electron chi connectivity index (χ0n) is 15.9. The molecule has 2 heterocycles. The second-order valence-corrected chi connectivity index (χ2v) is 7.44. The Hall–Kier alpha value is -2.60. The van der Waals surface area contributed by atoms with Gasteiger partial charge in [0.25, 0.3) is 5.91 Å². The quantitative estimate of drug-likeness (QED) is 0.762. The molecule has 0 radical (unpaired) electrons. The van der Waals surface area contributed by atoms with Crippen LogP contribution in [0.4, 0.5) is 5.69 Å². The number of methoxy groups -OCH3 is 2. The third-order valence-corrected chi connectivity index (χ3v) is 5.80. The molecule has 2 aromatic carbocycles. The van der Waals surface area contributed by atoms with E-state index in [4.69, 9.17) is 21.7 Å². The molecule has 0 aliphatic carbocycles. The summed E-state index contributed by atoms with van der Waals surface area (Å²) in [5.74, 6) is 1.41. The lowest BCUT2D eigenvalue weighted by atomic mass is 9.94. The number of hydrogen-bond donors (Lipinski definition) is 0. The van der Waals surface area contributed by atoms with Crippen LogP contribution in [0.5, 0.6) is 11.5 Å². The van der Waals surface area contributed by atoms with E-state index >= 15 is 0 Å². The highest BCUT2D eigenvalue weighted by Crippen LogP contribution is 2.38. The Morgan fingerprint density at radius 3 is 2.37 bits per heavy atom. The molecule has 0 N–H and O–H groups in total. The van der Waals surface area contributed by atoms with Gasteiger partial charge in [-0.25, -0.2) is 0 Å². The maximum absolute atomic E-state index is 13.2. The average molecular weight is 382 g/mol. The maximum Gasteiger partial charge on any atom is 0.256 e. The molecule has 1 saturated heterocycles. The fraction of sp³-hybridized carbons (Fsp3) is 0.333. The monoisotopic (exact) mass is 382 g/mol. The first-order chi connectivity index (χ1) is 12.9. The number of carbonyl (C=O) groups excluding carboxylic acids is 1. The summed E-state index contributed by atoms with van der Waals surface area (Å²) in [4.78, 5) is 17.0. The lowest BCUT2D eigenvalue weighted by Crippen LogP contribution is -2.40. The van der Waals surface area contributed by atoms with Crippen LogP contribution in [0, 0.1) is 13.8 Å². The number of nitrogens with zero attached hydrogens (tertiary/aromatic N) is 2. The number of fused-ring (bicyclic) bond motifs is 2. The van der Waals surface area contributed by atoms with Gasteiger partial charge < -0.3 is 14.4 Å². The standard InChI is InChI=1S/C21H22N2O3S/c1-12-5-6-13(2)16(7-12)23-20(24)17-8-14-9-18(25-3)19(26-4)10-15(14)11-22(17)21(23)27/h5-7,9-10,17H,8,11H2,1-4H3. The molecule has 0 saturated carbocycles. The van der Waals surface area contributed by atoms with Gasteiger partial charge in [0.05, 0.1) is 19.9 Å². The zero-order valence-corrected chi connectivity index (χ0v) is 16.7. The van der Waals surface area contributed by atoms with Gasteiger partial charge in [-0.15, -0.1) is 0 Å². The van der Waals surface area contributed by atoms with Gasteiger partial charge in [0, 0.05) is 13.0 Å². The molecule has 1 fully saturated rings. The van der Waals surface area contributed by atoms with E-state index in [9.17, 15) is 4.79 Å². The minimum Gasteiger partial charge on any atom is -0.493 e. The van der Waals surface area contributed by atoms with Gasteiger partial charge in [-0.3, -0.25) is 9.69 Å². The summed E-state index contributed by atoms with van der Waals surface area (Å²) in [6.07, 6.45) is 0.607. The van der Waals surface area contributed by atoms with Crippen molar-refractivity contribution in [2.45, 2.75) is 32.9 Å². The first kappa shape index (κ1) is 17.8. The van der Waals surface area contributed by atoms with Crippen molar-refractivity contribution in [3.05, 3.63) is 52.6 Å². The molecule has 140 valence electrons. The van der Waals surface area contributed by atoms with Crippen molar-refractivity contribution in [1.82, 2.24) is 4.90 Å². The van der Waals surface area contributed by atoms with E-state index in [0.717, 1.165) is 27.9 Å². The van der Waals surface area contributed by atoms with E-state index in [0.29, 0.717) is 29.6 Å². The number of thiocarbonyl (C=S) groups is 1. The topological polar surface area (TPSA) is 42.0 Å². The smallest absolute Gasteiger partial charge is 0.256 e. The summed E-state index contributed by atoms with van der Waals surface area (Å²) < 4.78 is 10.8. The van der Waals surface area contributed by atoms with E-state index < -0.39 is 0 Å². The van der Waals surface area contributed by atoms with Crippen molar-refractivity contribution < 1.29 is 14.3 Å². The Morgan fingerprint density at radius 2 is 1.70 bits per heavy atom. The highest BCUT2D eigenvalue weighted by Gasteiger charge is 2.46. The Labute approximate surface area is 164 Å². The second-order valence-electron chi connectivity index (χ2n) is 7.07. The summed E-state index contributed by atoms with van der Waals surface area (Å²) in [6, 6.07) is 9.78. The van der Waals surface area contributed by atoms with Crippen LogP contribution in [0.3, 0.4) is 0 Å². The fourth-order valence-corrected chi connectivity index (χ4v) is 4.27. The number of hydrogen-bond acceptors (Lipinski definition) is 4. The summed E-state index contributed by atoms with van der Waals surface area (Å²) in [7, 11) is 3.25. The molecule has 1 unspecified atom stereocenters. The fourth-order valence-electron chi connectivity index (χ4n) is 3.89.